The SMILES string of the molecule is COc1ccc(OC)c(N(CC(=O)NN)S(=O)(=O)c2ccc(OC)c(OC)c2)c1. The predicted octanol–water partition coefficient (Wildman–Crippen LogP) is 0.906. The Balaban J connectivity index is 2.68. The molecule has 10 nitrogen and oxygen atoms in total. The van der Waals surface area contributed by atoms with Gasteiger partial charge in [-0.25, -0.2) is 14.3 Å². The first kappa shape index (κ1) is 22.1. The van der Waals surface area contributed by atoms with Gasteiger partial charge in [0.2, 0.25) is 0 Å². The number of sulfonamides is 1. The number of carbonyl (C=O) groups excluding carboxylic acids is 1. The quantitative estimate of drug-likeness (QED) is 0.344. The van der Waals surface area contributed by atoms with Crippen LogP contribution in [-0.4, -0.2) is 49.3 Å². The summed E-state index contributed by atoms with van der Waals surface area (Å²) < 4.78 is 48.5. The number of hydrogen-bond donors (Lipinski definition) is 2. The number of nitrogens with zero attached hydrogens (tertiary/aromatic N) is 1. The van der Waals surface area contributed by atoms with Crippen molar-refractivity contribution in [2.75, 3.05) is 39.3 Å². The molecular formula is C18H23N3O7S. The van der Waals surface area contributed by atoms with E-state index in [0.717, 1.165) is 4.31 Å². The van der Waals surface area contributed by atoms with Crippen molar-refractivity contribution in [3.8, 4) is 23.0 Å². The van der Waals surface area contributed by atoms with E-state index in [1.54, 1.807) is 6.07 Å². The van der Waals surface area contributed by atoms with Gasteiger partial charge in [0.05, 0.1) is 39.0 Å². The molecule has 0 spiro atoms. The van der Waals surface area contributed by atoms with Crippen LogP contribution in [-0.2, 0) is 14.8 Å². The molecule has 0 radical (unpaired) electrons. The highest BCUT2D eigenvalue weighted by atomic mass is 32.2. The topological polar surface area (TPSA) is 129 Å². The monoisotopic (exact) mass is 425 g/mol. The third-order valence-electron chi connectivity index (χ3n) is 4.05. The van der Waals surface area contributed by atoms with Gasteiger partial charge >= 0.3 is 0 Å². The lowest BCUT2D eigenvalue weighted by atomic mass is 10.2. The van der Waals surface area contributed by atoms with Gasteiger partial charge in [0, 0.05) is 12.1 Å². The van der Waals surface area contributed by atoms with Gasteiger partial charge < -0.3 is 18.9 Å². The van der Waals surface area contributed by atoms with Crippen LogP contribution >= 0.6 is 0 Å². The second kappa shape index (κ2) is 9.34. The van der Waals surface area contributed by atoms with Crippen LogP contribution < -0.4 is 34.5 Å². The van der Waals surface area contributed by atoms with E-state index in [-0.39, 0.29) is 22.1 Å². The van der Waals surface area contributed by atoms with E-state index in [1.165, 1.54) is 58.8 Å². The number of rotatable bonds is 9. The summed E-state index contributed by atoms with van der Waals surface area (Å²) >= 11 is 0. The second-order valence-corrected chi connectivity index (χ2v) is 7.50. The summed E-state index contributed by atoms with van der Waals surface area (Å²) in [5, 5.41) is 0. The molecule has 2 aromatic carbocycles. The molecule has 11 heteroatoms. The zero-order valence-electron chi connectivity index (χ0n) is 16.5. The van der Waals surface area contributed by atoms with Gasteiger partial charge in [-0.05, 0) is 24.3 Å². The summed E-state index contributed by atoms with van der Waals surface area (Å²) in [6.07, 6.45) is 0. The molecule has 2 rings (SSSR count). The van der Waals surface area contributed by atoms with Crippen LogP contribution in [0.2, 0.25) is 0 Å². The van der Waals surface area contributed by atoms with Gasteiger partial charge in [-0.2, -0.15) is 0 Å². The molecule has 1 amide bonds. The second-order valence-electron chi connectivity index (χ2n) is 5.63. The van der Waals surface area contributed by atoms with E-state index in [0.29, 0.717) is 11.5 Å². The van der Waals surface area contributed by atoms with Crippen LogP contribution in [0, 0.1) is 0 Å². The summed E-state index contributed by atoms with van der Waals surface area (Å²) in [7, 11) is 1.42. The minimum Gasteiger partial charge on any atom is -0.497 e. The predicted molar refractivity (Wildman–Crippen MR) is 106 cm³/mol. The Hall–Kier alpha value is -3.18. The van der Waals surface area contributed by atoms with E-state index in [2.05, 4.69) is 0 Å². The van der Waals surface area contributed by atoms with Crippen molar-refractivity contribution in [1.29, 1.82) is 0 Å². The first-order chi connectivity index (χ1) is 13.8. The van der Waals surface area contributed by atoms with Crippen molar-refractivity contribution >= 4 is 21.6 Å². The molecule has 3 N–H and O–H groups in total. The molecule has 0 saturated heterocycles. The zero-order chi connectivity index (χ0) is 21.6. The van der Waals surface area contributed by atoms with Crippen molar-refractivity contribution in [2.45, 2.75) is 4.90 Å². The Kier molecular flexibility index (Phi) is 7.13. The Morgan fingerprint density at radius 1 is 0.931 bits per heavy atom. The van der Waals surface area contributed by atoms with Crippen LogP contribution in [0.1, 0.15) is 0 Å². The highest BCUT2D eigenvalue weighted by Crippen LogP contribution is 2.37. The fourth-order valence-electron chi connectivity index (χ4n) is 2.57. The third-order valence-corrected chi connectivity index (χ3v) is 5.80. The number of hydrazine groups is 1. The smallest absolute Gasteiger partial charge is 0.265 e. The molecule has 0 saturated carbocycles. The molecule has 158 valence electrons. The Morgan fingerprint density at radius 3 is 2.10 bits per heavy atom. The molecule has 0 unspecified atom stereocenters. The molecule has 29 heavy (non-hydrogen) atoms. The van der Waals surface area contributed by atoms with Crippen LogP contribution in [0.15, 0.2) is 41.3 Å². The molecule has 0 fully saturated rings. The van der Waals surface area contributed by atoms with Crippen LogP contribution in [0.3, 0.4) is 0 Å². The summed E-state index contributed by atoms with van der Waals surface area (Å²) in [6.45, 7) is -0.587. The Morgan fingerprint density at radius 2 is 1.55 bits per heavy atom. The van der Waals surface area contributed by atoms with Crippen molar-refractivity contribution in [3.63, 3.8) is 0 Å². The lowest BCUT2D eigenvalue weighted by molar-refractivity contribution is -0.119. The van der Waals surface area contributed by atoms with Gasteiger partial charge in [-0.15, -0.1) is 0 Å². The van der Waals surface area contributed by atoms with Crippen molar-refractivity contribution in [2.24, 2.45) is 5.84 Å². The zero-order valence-corrected chi connectivity index (χ0v) is 17.3. The Labute approximate surface area is 169 Å². The lowest BCUT2D eigenvalue weighted by Crippen LogP contribution is -2.43. The van der Waals surface area contributed by atoms with Crippen LogP contribution in [0.4, 0.5) is 5.69 Å². The summed E-state index contributed by atoms with van der Waals surface area (Å²) in [4.78, 5) is 11.9. The summed E-state index contributed by atoms with van der Waals surface area (Å²) in [5.74, 6) is 5.63. The van der Waals surface area contributed by atoms with E-state index in [1.807, 2.05) is 5.43 Å². The molecule has 0 heterocycles. The van der Waals surface area contributed by atoms with Gasteiger partial charge in [0.15, 0.2) is 11.5 Å². The van der Waals surface area contributed by atoms with E-state index < -0.39 is 22.5 Å². The minimum atomic E-state index is -4.23. The van der Waals surface area contributed by atoms with E-state index in [4.69, 9.17) is 24.8 Å². The fourth-order valence-corrected chi connectivity index (χ4v) is 4.01. The first-order valence-corrected chi connectivity index (χ1v) is 9.72. The molecule has 0 atom stereocenters. The standard InChI is InChI=1S/C18H23N3O7S/c1-25-12-5-7-15(26-2)14(9-12)21(11-18(22)20-19)29(23,24)13-6-8-16(27-3)17(10-13)28-4/h5-10H,11,19H2,1-4H3,(H,20,22). The number of nitrogens with two attached hydrogens (primary N) is 1. The lowest BCUT2D eigenvalue weighted by Gasteiger charge is -2.26. The average molecular weight is 425 g/mol. The number of hydrogen-bond acceptors (Lipinski definition) is 8. The molecule has 0 bridgehead atoms. The summed E-state index contributed by atoms with van der Waals surface area (Å²) in [6, 6.07) is 8.68. The number of anilines is 1. The van der Waals surface area contributed by atoms with E-state index in [9.17, 15) is 13.2 Å². The number of methoxy groups -OCH3 is 4. The fraction of sp³-hybridized carbons (Fsp3) is 0.278. The molecule has 0 aliphatic rings. The highest BCUT2D eigenvalue weighted by Gasteiger charge is 2.30. The maximum atomic E-state index is 13.4. The number of ether oxygens (including phenoxy) is 4. The van der Waals surface area contributed by atoms with Gasteiger partial charge in [0.1, 0.15) is 18.0 Å². The molecular weight excluding hydrogens is 402 g/mol. The summed E-state index contributed by atoms with van der Waals surface area (Å²) in [5.41, 5.74) is 2.04. The van der Waals surface area contributed by atoms with Crippen molar-refractivity contribution in [1.82, 2.24) is 5.43 Å². The maximum absolute atomic E-state index is 13.4. The third kappa shape index (κ3) is 4.63. The first-order valence-electron chi connectivity index (χ1n) is 8.28. The van der Waals surface area contributed by atoms with Crippen molar-refractivity contribution in [3.05, 3.63) is 36.4 Å². The number of carbonyl (C=O) groups is 1. The molecule has 0 aliphatic carbocycles. The maximum Gasteiger partial charge on any atom is 0.265 e. The van der Waals surface area contributed by atoms with Gasteiger partial charge in [-0.3, -0.25) is 14.5 Å². The Bertz CT molecular complexity index is 979. The largest absolute Gasteiger partial charge is 0.497 e. The molecule has 0 aromatic heterocycles. The minimum absolute atomic E-state index is 0.102. The number of benzene rings is 2. The normalized spacial score (nSPS) is 10.8. The molecule has 2 aromatic rings. The van der Waals surface area contributed by atoms with Gasteiger partial charge in [-0.1, -0.05) is 0 Å². The van der Waals surface area contributed by atoms with Crippen molar-refractivity contribution < 1.29 is 32.2 Å². The highest BCUT2D eigenvalue weighted by molar-refractivity contribution is 7.92. The van der Waals surface area contributed by atoms with E-state index >= 15 is 0 Å². The van der Waals surface area contributed by atoms with Gasteiger partial charge in [0.25, 0.3) is 15.9 Å². The number of amides is 1. The van der Waals surface area contributed by atoms with Crippen LogP contribution in [0.5, 0.6) is 23.0 Å². The average Bonchev–Trinajstić information content (AvgIpc) is 2.75. The van der Waals surface area contributed by atoms with Crippen LogP contribution in [0.25, 0.3) is 0 Å². The number of nitrogens with one attached hydrogen (secondary N) is 1. The molecule has 0 aliphatic heterocycles.